The predicted molar refractivity (Wildman–Crippen MR) is 111 cm³/mol. The van der Waals surface area contributed by atoms with Crippen molar-refractivity contribution in [3.8, 4) is 11.3 Å². The van der Waals surface area contributed by atoms with Crippen molar-refractivity contribution in [2.45, 2.75) is 0 Å². The van der Waals surface area contributed by atoms with Crippen LogP contribution in [0.2, 0.25) is 5.02 Å². The molecule has 7 nitrogen and oxygen atoms in total. The number of hydrazone groups is 1. The van der Waals surface area contributed by atoms with E-state index in [0.29, 0.717) is 27.7 Å². The first kappa shape index (κ1) is 20.2. The van der Waals surface area contributed by atoms with Crippen LogP contribution in [0.3, 0.4) is 0 Å². The maximum atomic E-state index is 11.9. The lowest BCUT2D eigenvalue weighted by Gasteiger charge is -2.05. The maximum absolute atomic E-state index is 11.9. The van der Waals surface area contributed by atoms with Gasteiger partial charge in [0.2, 0.25) is 0 Å². The number of esters is 1. The number of ether oxygens (including phenoxy) is 1. The van der Waals surface area contributed by atoms with E-state index in [1.807, 2.05) is 0 Å². The van der Waals surface area contributed by atoms with Gasteiger partial charge in [-0.05, 0) is 42.5 Å². The first-order valence-electron chi connectivity index (χ1n) is 8.65. The number of benzene rings is 2. The summed E-state index contributed by atoms with van der Waals surface area (Å²) in [6.45, 7) is 0.0505. The third-order valence-electron chi connectivity index (χ3n) is 3.90. The van der Waals surface area contributed by atoms with Gasteiger partial charge in [0.15, 0.2) is 0 Å². The van der Waals surface area contributed by atoms with Crippen LogP contribution >= 0.6 is 11.6 Å². The molecule has 1 aromatic heterocycles. The van der Waals surface area contributed by atoms with Gasteiger partial charge in [0.25, 0.3) is 5.91 Å². The summed E-state index contributed by atoms with van der Waals surface area (Å²) < 4.78 is 10.5. The summed E-state index contributed by atoms with van der Waals surface area (Å²) in [7, 11) is 1.32. The summed E-state index contributed by atoms with van der Waals surface area (Å²) in [5.74, 6) is 0.139. The molecule has 1 heterocycles. The van der Waals surface area contributed by atoms with Gasteiger partial charge in [-0.3, -0.25) is 4.79 Å². The largest absolute Gasteiger partial charge is 0.465 e. The number of carbonyl (C=O) groups excluding carboxylic acids is 2. The molecule has 0 aliphatic heterocycles. The number of methoxy groups -OCH3 is 1. The van der Waals surface area contributed by atoms with Gasteiger partial charge in [-0.2, -0.15) is 5.10 Å². The van der Waals surface area contributed by atoms with E-state index < -0.39 is 5.97 Å². The van der Waals surface area contributed by atoms with Crippen LogP contribution in [0.25, 0.3) is 11.3 Å². The molecule has 0 bridgehead atoms. The van der Waals surface area contributed by atoms with Crippen molar-refractivity contribution >= 4 is 35.4 Å². The molecule has 0 saturated heterocycles. The van der Waals surface area contributed by atoms with E-state index in [2.05, 4.69) is 15.8 Å². The zero-order chi connectivity index (χ0) is 20.6. The summed E-state index contributed by atoms with van der Waals surface area (Å²) in [6.07, 6.45) is 1.38. The smallest absolute Gasteiger partial charge is 0.338 e. The highest BCUT2D eigenvalue weighted by molar-refractivity contribution is 6.30. The van der Waals surface area contributed by atoms with Crippen LogP contribution < -0.4 is 10.7 Å². The Morgan fingerprint density at radius 3 is 2.62 bits per heavy atom. The standard InChI is InChI=1S/C21H18ClN3O4/c1-28-21(27)18-5-3-2-4-17(18)19-11-10-16(29-19)12-24-25-20(26)13-23-15-8-6-14(22)7-9-15/h2-12,23H,13H2,1H3,(H,25,26)/b24-12-. The van der Waals surface area contributed by atoms with Gasteiger partial charge < -0.3 is 14.5 Å². The summed E-state index contributed by atoms with van der Waals surface area (Å²) in [5.41, 5.74) is 4.18. The van der Waals surface area contributed by atoms with Crippen molar-refractivity contribution < 1.29 is 18.7 Å². The fourth-order valence-electron chi connectivity index (χ4n) is 2.51. The molecule has 3 rings (SSSR count). The van der Waals surface area contributed by atoms with Gasteiger partial charge in [-0.15, -0.1) is 0 Å². The zero-order valence-corrected chi connectivity index (χ0v) is 16.3. The first-order chi connectivity index (χ1) is 14.1. The Morgan fingerprint density at radius 2 is 1.86 bits per heavy atom. The minimum absolute atomic E-state index is 0.0505. The third kappa shape index (κ3) is 5.46. The molecule has 2 N–H and O–H groups in total. The van der Waals surface area contributed by atoms with E-state index in [1.165, 1.54) is 13.3 Å². The molecular formula is C21H18ClN3O4. The van der Waals surface area contributed by atoms with Crippen molar-refractivity contribution in [1.82, 2.24) is 5.43 Å². The van der Waals surface area contributed by atoms with Crippen molar-refractivity contribution in [2.75, 3.05) is 19.0 Å². The van der Waals surface area contributed by atoms with Crippen molar-refractivity contribution in [2.24, 2.45) is 5.10 Å². The highest BCUT2D eigenvalue weighted by atomic mass is 35.5. The van der Waals surface area contributed by atoms with Gasteiger partial charge in [-0.25, -0.2) is 10.2 Å². The van der Waals surface area contributed by atoms with Gasteiger partial charge >= 0.3 is 5.97 Å². The van der Waals surface area contributed by atoms with Gasteiger partial charge in [0, 0.05) is 16.3 Å². The monoisotopic (exact) mass is 411 g/mol. The van der Waals surface area contributed by atoms with Crippen LogP contribution in [0.5, 0.6) is 0 Å². The minimum atomic E-state index is -0.451. The summed E-state index contributed by atoms with van der Waals surface area (Å²) in [6, 6.07) is 17.4. The van der Waals surface area contributed by atoms with E-state index in [1.54, 1.807) is 60.7 Å². The van der Waals surface area contributed by atoms with Crippen LogP contribution in [-0.4, -0.2) is 31.7 Å². The number of halogens is 1. The van der Waals surface area contributed by atoms with Gasteiger partial charge in [0.05, 0.1) is 25.4 Å². The number of rotatable bonds is 7. The molecule has 3 aromatic rings. The van der Waals surface area contributed by atoms with E-state index >= 15 is 0 Å². The second kappa shape index (κ2) is 9.57. The number of nitrogens with one attached hydrogen (secondary N) is 2. The number of amides is 1. The van der Waals surface area contributed by atoms with Crippen LogP contribution in [-0.2, 0) is 9.53 Å². The second-order valence-electron chi connectivity index (χ2n) is 5.89. The van der Waals surface area contributed by atoms with Crippen LogP contribution in [0.15, 0.2) is 70.2 Å². The molecule has 8 heteroatoms. The molecule has 148 valence electrons. The lowest BCUT2D eigenvalue weighted by Crippen LogP contribution is -2.25. The molecule has 0 saturated carbocycles. The molecule has 0 aliphatic rings. The normalized spacial score (nSPS) is 10.7. The van der Waals surface area contributed by atoms with Crippen LogP contribution in [0, 0.1) is 0 Å². The molecule has 2 aromatic carbocycles. The summed E-state index contributed by atoms with van der Waals surface area (Å²) >= 11 is 5.82. The first-order valence-corrected chi connectivity index (χ1v) is 9.03. The minimum Gasteiger partial charge on any atom is -0.465 e. The fourth-order valence-corrected chi connectivity index (χ4v) is 2.64. The fraction of sp³-hybridized carbons (Fsp3) is 0.0952. The molecule has 0 unspecified atom stereocenters. The highest BCUT2D eigenvalue weighted by Crippen LogP contribution is 2.26. The van der Waals surface area contributed by atoms with Gasteiger partial charge in [0.1, 0.15) is 11.5 Å². The number of hydrogen-bond donors (Lipinski definition) is 2. The predicted octanol–water partition coefficient (Wildman–Crippen LogP) is 3.95. The van der Waals surface area contributed by atoms with E-state index in [-0.39, 0.29) is 12.5 Å². The van der Waals surface area contributed by atoms with Gasteiger partial charge in [-0.1, -0.05) is 29.8 Å². The number of carbonyl (C=O) groups is 2. The zero-order valence-electron chi connectivity index (χ0n) is 15.5. The van der Waals surface area contributed by atoms with Crippen molar-refractivity contribution in [3.05, 3.63) is 77.0 Å². The molecule has 1 amide bonds. The summed E-state index contributed by atoms with van der Waals surface area (Å²) in [4.78, 5) is 23.7. The summed E-state index contributed by atoms with van der Waals surface area (Å²) in [5, 5.41) is 7.46. The number of furan rings is 1. The Balaban J connectivity index is 1.57. The topological polar surface area (TPSA) is 92.9 Å². The Bertz CT molecular complexity index is 1030. The average Bonchev–Trinajstić information content (AvgIpc) is 3.21. The third-order valence-corrected chi connectivity index (χ3v) is 4.15. The SMILES string of the molecule is COC(=O)c1ccccc1-c1ccc(/C=N\NC(=O)CNc2ccc(Cl)cc2)o1. The molecular weight excluding hydrogens is 394 g/mol. The Hall–Kier alpha value is -3.58. The van der Waals surface area contributed by atoms with E-state index in [0.717, 1.165) is 5.69 Å². The Morgan fingerprint density at radius 1 is 1.10 bits per heavy atom. The number of nitrogens with zero attached hydrogens (tertiary/aromatic N) is 1. The number of hydrogen-bond acceptors (Lipinski definition) is 6. The number of anilines is 1. The van der Waals surface area contributed by atoms with E-state index in [9.17, 15) is 9.59 Å². The van der Waals surface area contributed by atoms with Crippen LogP contribution in [0.4, 0.5) is 5.69 Å². The highest BCUT2D eigenvalue weighted by Gasteiger charge is 2.15. The van der Waals surface area contributed by atoms with E-state index in [4.69, 9.17) is 20.8 Å². The molecule has 0 fully saturated rings. The molecule has 0 spiro atoms. The Kier molecular flexibility index (Phi) is 6.65. The maximum Gasteiger partial charge on any atom is 0.338 e. The van der Waals surface area contributed by atoms with Crippen molar-refractivity contribution in [3.63, 3.8) is 0 Å². The van der Waals surface area contributed by atoms with Crippen molar-refractivity contribution in [1.29, 1.82) is 0 Å². The molecule has 29 heavy (non-hydrogen) atoms. The quantitative estimate of drug-likeness (QED) is 0.349. The molecule has 0 radical (unpaired) electrons. The molecule has 0 atom stereocenters. The Labute approximate surface area is 172 Å². The lowest BCUT2D eigenvalue weighted by atomic mass is 10.1. The lowest BCUT2D eigenvalue weighted by molar-refractivity contribution is -0.119. The molecule has 0 aliphatic carbocycles. The van der Waals surface area contributed by atoms with Crippen LogP contribution in [0.1, 0.15) is 16.1 Å². The second-order valence-corrected chi connectivity index (χ2v) is 6.33. The average molecular weight is 412 g/mol.